The van der Waals surface area contributed by atoms with Gasteiger partial charge in [0, 0.05) is 11.8 Å². The molecule has 1 aliphatic heterocycles. The second-order valence-electron chi connectivity index (χ2n) is 9.28. The average molecular weight is 333 g/mol. The molecule has 0 spiro atoms. The van der Waals surface area contributed by atoms with Crippen LogP contribution >= 0.6 is 0 Å². The van der Waals surface area contributed by atoms with Crippen molar-refractivity contribution in [3.8, 4) is 6.07 Å². The van der Waals surface area contributed by atoms with Gasteiger partial charge in [-0.1, -0.05) is 34.6 Å². The van der Waals surface area contributed by atoms with Crippen molar-refractivity contribution in [1.82, 2.24) is 0 Å². The molecule has 0 radical (unpaired) electrons. The number of rotatable bonds is 4. The van der Waals surface area contributed by atoms with Crippen molar-refractivity contribution in [1.29, 1.82) is 5.26 Å². The minimum absolute atomic E-state index is 0.0401. The van der Waals surface area contributed by atoms with Gasteiger partial charge in [0.2, 0.25) is 0 Å². The van der Waals surface area contributed by atoms with Crippen LogP contribution in [0.25, 0.3) is 0 Å². The second kappa shape index (κ2) is 5.47. The quantitative estimate of drug-likeness (QED) is 0.739. The standard InChI is InChI=1S/C19H27NO4/c1-10(2)12(8-18(3,4)5)16(21)23-14-11-6-13-15(14)24-17(22)19(13,7-11)9-20/h10-15H,6-8H2,1-5H3. The Morgan fingerprint density at radius 3 is 2.67 bits per heavy atom. The molecule has 2 bridgehead atoms. The van der Waals surface area contributed by atoms with E-state index in [0.717, 1.165) is 12.8 Å². The Labute approximate surface area is 143 Å². The lowest BCUT2D eigenvalue weighted by Gasteiger charge is -2.32. The molecule has 0 aromatic carbocycles. The number of hydrogen-bond acceptors (Lipinski definition) is 5. The first-order valence-corrected chi connectivity index (χ1v) is 8.92. The predicted molar refractivity (Wildman–Crippen MR) is 86.4 cm³/mol. The van der Waals surface area contributed by atoms with Crippen LogP contribution in [0.3, 0.4) is 0 Å². The first-order valence-electron chi connectivity index (χ1n) is 8.92. The van der Waals surface area contributed by atoms with Crippen LogP contribution in [0.5, 0.6) is 0 Å². The van der Waals surface area contributed by atoms with Gasteiger partial charge >= 0.3 is 11.9 Å². The Kier molecular flexibility index (Phi) is 3.94. The fraction of sp³-hybridized carbons (Fsp3) is 0.842. The normalized spacial score (nSPS) is 38.1. The molecule has 5 heteroatoms. The van der Waals surface area contributed by atoms with E-state index in [9.17, 15) is 14.9 Å². The van der Waals surface area contributed by atoms with E-state index >= 15 is 0 Å². The van der Waals surface area contributed by atoms with Gasteiger partial charge in [0.05, 0.1) is 12.0 Å². The fourth-order valence-corrected chi connectivity index (χ4v) is 4.76. The fourth-order valence-electron chi connectivity index (χ4n) is 4.76. The third kappa shape index (κ3) is 2.51. The lowest BCUT2D eigenvalue weighted by atomic mass is 9.74. The Morgan fingerprint density at radius 2 is 2.12 bits per heavy atom. The van der Waals surface area contributed by atoms with Gasteiger partial charge in [0.15, 0.2) is 5.41 Å². The van der Waals surface area contributed by atoms with Crippen LogP contribution < -0.4 is 0 Å². The minimum Gasteiger partial charge on any atom is -0.458 e. The van der Waals surface area contributed by atoms with Crippen molar-refractivity contribution >= 4 is 11.9 Å². The van der Waals surface area contributed by atoms with Crippen molar-refractivity contribution < 1.29 is 19.1 Å². The summed E-state index contributed by atoms with van der Waals surface area (Å²) in [6.07, 6.45) is 1.16. The predicted octanol–water partition coefficient (Wildman–Crippen LogP) is 3.08. The highest BCUT2D eigenvalue weighted by Crippen LogP contribution is 2.62. The molecular formula is C19H27NO4. The highest BCUT2D eigenvalue weighted by atomic mass is 16.6. The van der Waals surface area contributed by atoms with Gasteiger partial charge in [-0.2, -0.15) is 5.26 Å². The number of hydrogen-bond donors (Lipinski definition) is 0. The Balaban J connectivity index is 1.73. The summed E-state index contributed by atoms with van der Waals surface area (Å²) in [6.45, 7) is 10.4. The Bertz CT molecular complexity index is 599. The van der Waals surface area contributed by atoms with E-state index < -0.39 is 17.5 Å². The van der Waals surface area contributed by atoms with E-state index in [4.69, 9.17) is 9.47 Å². The van der Waals surface area contributed by atoms with Crippen LogP contribution in [-0.4, -0.2) is 24.1 Å². The molecule has 2 saturated carbocycles. The largest absolute Gasteiger partial charge is 0.458 e. The molecular weight excluding hydrogens is 306 g/mol. The maximum absolute atomic E-state index is 12.8. The van der Waals surface area contributed by atoms with Crippen LogP contribution in [0.15, 0.2) is 0 Å². The van der Waals surface area contributed by atoms with Crippen LogP contribution in [0.1, 0.15) is 53.9 Å². The summed E-state index contributed by atoms with van der Waals surface area (Å²) in [5.74, 6) is -0.629. The molecule has 3 rings (SSSR count). The molecule has 0 aromatic rings. The molecule has 0 aromatic heterocycles. The van der Waals surface area contributed by atoms with Crippen LogP contribution in [0.4, 0.5) is 0 Å². The maximum Gasteiger partial charge on any atom is 0.327 e. The summed E-state index contributed by atoms with van der Waals surface area (Å²) in [4.78, 5) is 24.9. The molecule has 1 heterocycles. The van der Waals surface area contributed by atoms with E-state index in [-0.39, 0.29) is 41.2 Å². The number of nitriles is 1. The first kappa shape index (κ1) is 17.3. The average Bonchev–Trinajstić information content (AvgIpc) is 3.05. The zero-order valence-corrected chi connectivity index (χ0v) is 15.2. The van der Waals surface area contributed by atoms with E-state index in [1.165, 1.54) is 0 Å². The highest BCUT2D eigenvalue weighted by Gasteiger charge is 2.72. The Hall–Kier alpha value is -1.57. The van der Waals surface area contributed by atoms with Gasteiger partial charge in [-0.05, 0) is 30.6 Å². The molecule has 1 saturated heterocycles. The molecule has 24 heavy (non-hydrogen) atoms. The Morgan fingerprint density at radius 1 is 1.46 bits per heavy atom. The van der Waals surface area contributed by atoms with Crippen molar-refractivity contribution in [2.75, 3.05) is 0 Å². The van der Waals surface area contributed by atoms with Crippen molar-refractivity contribution in [3.63, 3.8) is 0 Å². The second-order valence-corrected chi connectivity index (χ2v) is 9.28. The zero-order chi connectivity index (χ0) is 17.9. The van der Waals surface area contributed by atoms with Crippen LogP contribution in [0, 0.1) is 45.8 Å². The third-order valence-corrected chi connectivity index (χ3v) is 5.96. The lowest BCUT2D eigenvalue weighted by molar-refractivity contribution is -0.168. The molecule has 5 nitrogen and oxygen atoms in total. The highest BCUT2D eigenvalue weighted by molar-refractivity contribution is 5.84. The van der Waals surface area contributed by atoms with Gasteiger partial charge in [0.25, 0.3) is 0 Å². The van der Waals surface area contributed by atoms with E-state index in [0.29, 0.717) is 6.42 Å². The van der Waals surface area contributed by atoms with Gasteiger partial charge in [-0.25, -0.2) is 0 Å². The maximum atomic E-state index is 12.8. The summed E-state index contributed by atoms with van der Waals surface area (Å²) in [7, 11) is 0. The topological polar surface area (TPSA) is 76.4 Å². The van der Waals surface area contributed by atoms with Gasteiger partial charge in [-0.15, -0.1) is 0 Å². The molecule has 0 N–H and O–H groups in total. The van der Waals surface area contributed by atoms with Gasteiger partial charge in [0.1, 0.15) is 12.2 Å². The monoisotopic (exact) mass is 333 g/mol. The summed E-state index contributed by atoms with van der Waals surface area (Å²) in [5.41, 5.74) is -0.945. The minimum atomic E-state index is -0.985. The molecule has 0 amide bonds. The smallest absolute Gasteiger partial charge is 0.327 e. The molecule has 6 atom stereocenters. The molecule has 132 valence electrons. The first-order chi connectivity index (χ1) is 11.1. The summed E-state index contributed by atoms with van der Waals surface area (Å²) >= 11 is 0. The van der Waals surface area contributed by atoms with Crippen LogP contribution in [0.2, 0.25) is 0 Å². The van der Waals surface area contributed by atoms with Crippen molar-refractivity contribution in [2.24, 2.45) is 34.5 Å². The molecule has 2 aliphatic carbocycles. The summed E-state index contributed by atoms with van der Waals surface area (Å²) in [6, 6.07) is 2.18. The number of carbonyl (C=O) groups is 2. The summed E-state index contributed by atoms with van der Waals surface area (Å²) < 4.78 is 11.3. The van der Waals surface area contributed by atoms with Crippen LogP contribution in [-0.2, 0) is 19.1 Å². The third-order valence-electron chi connectivity index (χ3n) is 5.96. The number of esters is 2. The molecule has 6 unspecified atom stereocenters. The van der Waals surface area contributed by atoms with E-state index in [1.807, 2.05) is 13.8 Å². The van der Waals surface area contributed by atoms with E-state index in [1.54, 1.807) is 0 Å². The summed E-state index contributed by atoms with van der Waals surface area (Å²) in [5, 5.41) is 9.43. The zero-order valence-electron chi connectivity index (χ0n) is 15.2. The van der Waals surface area contributed by atoms with Crippen molar-refractivity contribution in [3.05, 3.63) is 0 Å². The number of ether oxygens (including phenoxy) is 2. The van der Waals surface area contributed by atoms with Gasteiger partial charge in [-0.3, -0.25) is 9.59 Å². The lowest BCUT2D eigenvalue weighted by Crippen LogP contribution is -2.41. The van der Waals surface area contributed by atoms with Gasteiger partial charge < -0.3 is 9.47 Å². The van der Waals surface area contributed by atoms with Crippen molar-refractivity contribution in [2.45, 2.75) is 66.1 Å². The van der Waals surface area contributed by atoms with E-state index in [2.05, 4.69) is 26.8 Å². The number of carbonyl (C=O) groups excluding carboxylic acids is 2. The molecule has 3 aliphatic rings. The number of fused-ring (bicyclic) bond motifs is 1. The number of nitrogens with zero attached hydrogens (tertiary/aromatic N) is 1. The SMILES string of the molecule is CC(C)C(CC(C)(C)C)C(=O)OC1C2CC3C1OC(=O)C3(C#N)C2. The molecule has 3 fully saturated rings.